The zero-order valence-corrected chi connectivity index (χ0v) is 8.88. The minimum atomic E-state index is -0.879. The van der Waals surface area contributed by atoms with E-state index in [1.807, 2.05) is 0 Å². The summed E-state index contributed by atoms with van der Waals surface area (Å²) in [7, 11) is 1.56. The summed E-state index contributed by atoms with van der Waals surface area (Å²) in [6.07, 6.45) is -0.324. The third-order valence-corrected chi connectivity index (χ3v) is 1.43. The third kappa shape index (κ3) is 7.66. The summed E-state index contributed by atoms with van der Waals surface area (Å²) < 4.78 is 4.55. The molecule has 0 radical (unpaired) electrons. The maximum Gasteiger partial charge on any atom is 0.335 e. The third-order valence-electron chi connectivity index (χ3n) is 1.43. The molecule has 0 amide bonds. The number of carboxylic acid groups (broad SMARTS) is 1. The highest BCUT2D eigenvalue weighted by atomic mass is 16.5. The van der Waals surface area contributed by atoms with Crippen LogP contribution in [0.5, 0.6) is 0 Å². The number of carboxylic acids is 1. The summed E-state index contributed by atoms with van der Waals surface area (Å²) in [4.78, 5) is 10.2. The van der Waals surface area contributed by atoms with Crippen LogP contribution in [0, 0.1) is 0 Å². The molecule has 0 heterocycles. The number of ether oxygens (including phenoxy) is 1. The lowest BCUT2D eigenvalue weighted by atomic mass is 10.2. The van der Waals surface area contributed by atoms with Crippen LogP contribution in [0.15, 0.2) is 30.3 Å². The van der Waals surface area contributed by atoms with Crippen molar-refractivity contribution in [2.24, 2.45) is 0 Å². The van der Waals surface area contributed by atoms with Crippen LogP contribution in [0.1, 0.15) is 17.3 Å². The number of carbonyl (C=O) groups is 1. The Labute approximate surface area is 89.1 Å². The first kappa shape index (κ1) is 13.6. The van der Waals surface area contributed by atoms with Crippen molar-refractivity contribution in [2.45, 2.75) is 13.0 Å². The van der Waals surface area contributed by atoms with Crippen LogP contribution in [0.2, 0.25) is 0 Å². The Morgan fingerprint density at radius 2 is 1.93 bits per heavy atom. The van der Waals surface area contributed by atoms with E-state index in [0.29, 0.717) is 12.2 Å². The molecule has 2 N–H and O–H groups in total. The second-order valence-corrected chi connectivity index (χ2v) is 2.98. The van der Waals surface area contributed by atoms with E-state index in [1.165, 1.54) is 0 Å². The monoisotopic (exact) mass is 212 g/mol. The first-order valence-electron chi connectivity index (χ1n) is 4.53. The minimum Gasteiger partial charge on any atom is -0.478 e. The van der Waals surface area contributed by atoms with Crippen LogP contribution in [0.25, 0.3) is 0 Å². The molecule has 1 rings (SSSR count). The number of rotatable bonds is 3. The summed E-state index contributed by atoms with van der Waals surface area (Å²) in [6, 6.07) is 8.30. The molecule has 0 aliphatic carbocycles. The molecule has 4 heteroatoms. The molecule has 0 saturated heterocycles. The first-order valence-corrected chi connectivity index (χ1v) is 4.53. The van der Waals surface area contributed by atoms with Gasteiger partial charge in [-0.2, -0.15) is 0 Å². The SMILES string of the molecule is COCC(C)O.O=C(O)c1ccccc1. The Kier molecular flexibility index (Phi) is 7.23. The molecular formula is C11H16O4. The number of hydrogen-bond donors (Lipinski definition) is 2. The average molecular weight is 212 g/mol. The van der Waals surface area contributed by atoms with Gasteiger partial charge in [0.05, 0.1) is 18.3 Å². The van der Waals surface area contributed by atoms with Gasteiger partial charge in [0, 0.05) is 7.11 Å². The van der Waals surface area contributed by atoms with Crippen LogP contribution in [-0.4, -0.2) is 36.0 Å². The van der Waals surface area contributed by atoms with E-state index in [0.717, 1.165) is 0 Å². The number of aliphatic hydroxyl groups is 1. The first-order chi connectivity index (χ1) is 7.07. The number of hydrogen-bond acceptors (Lipinski definition) is 3. The van der Waals surface area contributed by atoms with E-state index < -0.39 is 5.97 Å². The van der Waals surface area contributed by atoms with Gasteiger partial charge in [0.1, 0.15) is 0 Å². The van der Waals surface area contributed by atoms with Gasteiger partial charge in [-0.1, -0.05) is 18.2 Å². The van der Waals surface area contributed by atoms with Gasteiger partial charge in [0.15, 0.2) is 0 Å². The molecule has 4 nitrogen and oxygen atoms in total. The maximum atomic E-state index is 10.2. The van der Waals surface area contributed by atoms with Gasteiger partial charge in [-0.05, 0) is 19.1 Å². The Morgan fingerprint density at radius 3 is 2.13 bits per heavy atom. The molecule has 0 aliphatic rings. The molecule has 84 valence electrons. The Balaban J connectivity index is 0.000000288. The fourth-order valence-electron chi connectivity index (χ4n) is 0.822. The molecule has 1 aromatic carbocycles. The highest BCUT2D eigenvalue weighted by Crippen LogP contribution is 1.96. The Morgan fingerprint density at radius 1 is 1.40 bits per heavy atom. The summed E-state index contributed by atoms with van der Waals surface area (Å²) in [5.41, 5.74) is 0.331. The van der Waals surface area contributed by atoms with Crippen molar-refractivity contribution >= 4 is 5.97 Å². The molecule has 0 fully saturated rings. The second-order valence-electron chi connectivity index (χ2n) is 2.98. The average Bonchev–Trinajstić information content (AvgIpc) is 2.20. The van der Waals surface area contributed by atoms with Gasteiger partial charge in [-0.3, -0.25) is 0 Å². The lowest BCUT2D eigenvalue weighted by Crippen LogP contribution is -2.07. The van der Waals surface area contributed by atoms with Gasteiger partial charge in [0.25, 0.3) is 0 Å². The summed E-state index contributed by atoms with van der Waals surface area (Å²) in [6.45, 7) is 2.11. The van der Waals surface area contributed by atoms with Crippen molar-refractivity contribution in [3.05, 3.63) is 35.9 Å². The molecule has 0 spiro atoms. The van der Waals surface area contributed by atoms with Gasteiger partial charge < -0.3 is 14.9 Å². The van der Waals surface area contributed by atoms with Crippen molar-refractivity contribution in [3.63, 3.8) is 0 Å². The van der Waals surface area contributed by atoms with Gasteiger partial charge in [-0.25, -0.2) is 4.79 Å². The van der Waals surface area contributed by atoms with Crippen molar-refractivity contribution in [1.82, 2.24) is 0 Å². The Bertz CT molecular complexity index is 269. The predicted molar refractivity (Wildman–Crippen MR) is 57.0 cm³/mol. The lowest BCUT2D eigenvalue weighted by molar-refractivity contribution is 0.0696. The van der Waals surface area contributed by atoms with E-state index in [1.54, 1.807) is 44.4 Å². The van der Waals surface area contributed by atoms with Crippen LogP contribution < -0.4 is 0 Å². The largest absolute Gasteiger partial charge is 0.478 e. The molecular weight excluding hydrogens is 196 g/mol. The normalized spacial score (nSPS) is 11.1. The van der Waals surface area contributed by atoms with E-state index >= 15 is 0 Å². The zero-order chi connectivity index (χ0) is 11.7. The van der Waals surface area contributed by atoms with Crippen molar-refractivity contribution in [2.75, 3.05) is 13.7 Å². The highest BCUT2D eigenvalue weighted by molar-refractivity contribution is 5.87. The molecule has 1 unspecified atom stereocenters. The summed E-state index contributed by atoms with van der Waals surface area (Å²) in [5.74, 6) is -0.879. The highest BCUT2D eigenvalue weighted by Gasteiger charge is 1.96. The number of methoxy groups -OCH3 is 1. The van der Waals surface area contributed by atoms with E-state index in [9.17, 15) is 4.79 Å². The smallest absolute Gasteiger partial charge is 0.335 e. The van der Waals surface area contributed by atoms with Crippen LogP contribution in [0.4, 0.5) is 0 Å². The molecule has 1 atom stereocenters. The van der Waals surface area contributed by atoms with E-state index in [-0.39, 0.29) is 6.10 Å². The van der Waals surface area contributed by atoms with Crippen LogP contribution in [0.3, 0.4) is 0 Å². The lowest BCUT2D eigenvalue weighted by Gasteiger charge is -1.97. The molecule has 1 aromatic rings. The van der Waals surface area contributed by atoms with Crippen molar-refractivity contribution < 1.29 is 19.7 Å². The molecule has 0 aromatic heterocycles. The molecule has 15 heavy (non-hydrogen) atoms. The summed E-state index contributed by atoms with van der Waals surface area (Å²) >= 11 is 0. The van der Waals surface area contributed by atoms with Gasteiger partial charge in [0.2, 0.25) is 0 Å². The predicted octanol–water partition coefficient (Wildman–Crippen LogP) is 1.40. The van der Waals surface area contributed by atoms with Crippen molar-refractivity contribution in [1.29, 1.82) is 0 Å². The van der Waals surface area contributed by atoms with Crippen LogP contribution in [-0.2, 0) is 4.74 Å². The molecule has 0 saturated carbocycles. The van der Waals surface area contributed by atoms with E-state index in [2.05, 4.69) is 4.74 Å². The van der Waals surface area contributed by atoms with Gasteiger partial charge >= 0.3 is 5.97 Å². The summed E-state index contributed by atoms with van der Waals surface area (Å²) in [5, 5.41) is 16.8. The number of aromatic carboxylic acids is 1. The fourth-order valence-corrected chi connectivity index (χ4v) is 0.822. The Hall–Kier alpha value is -1.39. The number of aliphatic hydroxyl groups excluding tert-OH is 1. The second kappa shape index (κ2) is 7.96. The van der Waals surface area contributed by atoms with E-state index in [4.69, 9.17) is 10.2 Å². The molecule has 0 bridgehead atoms. The fraction of sp³-hybridized carbons (Fsp3) is 0.364. The molecule has 0 aliphatic heterocycles. The van der Waals surface area contributed by atoms with Crippen molar-refractivity contribution in [3.8, 4) is 0 Å². The van der Waals surface area contributed by atoms with Gasteiger partial charge in [-0.15, -0.1) is 0 Å². The standard InChI is InChI=1S/C7H6O2.C4H10O2/c8-7(9)6-4-2-1-3-5-6;1-4(5)3-6-2/h1-5H,(H,8,9);4-5H,3H2,1-2H3. The maximum absolute atomic E-state index is 10.2. The topological polar surface area (TPSA) is 66.8 Å². The van der Waals surface area contributed by atoms with Crippen LogP contribution >= 0.6 is 0 Å². The quantitative estimate of drug-likeness (QED) is 0.794. The minimum absolute atomic E-state index is 0.324. The number of benzene rings is 1. The zero-order valence-electron chi connectivity index (χ0n) is 8.88.